The molecule has 23 heavy (non-hydrogen) atoms. The Kier molecular flexibility index (Phi) is 4.50. The smallest absolute Gasteiger partial charge is 0.325 e. The molecule has 0 spiro atoms. The Morgan fingerprint density at radius 1 is 1.30 bits per heavy atom. The first kappa shape index (κ1) is 15.4. The standard InChI is InChI=1S/C17H20N2O4/c1-22-15-7-6-12(10-16(15)23-13-4-2-3-5-13)14(20)11-19-9-8-18-17(19)21/h6-10,13H,2-5,11H2,1H3,(H,18,21). The van der Waals surface area contributed by atoms with Gasteiger partial charge in [0.15, 0.2) is 17.3 Å². The molecule has 0 aliphatic heterocycles. The molecule has 1 aromatic heterocycles. The SMILES string of the molecule is COc1ccc(C(=O)Cn2cc[nH]c2=O)cc1OC1CCCC1. The minimum atomic E-state index is -0.297. The minimum absolute atomic E-state index is 0.00245. The first-order chi connectivity index (χ1) is 11.2. The van der Waals surface area contributed by atoms with E-state index >= 15 is 0 Å². The Hall–Kier alpha value is -2.50. The molecule has 0 saturated heterocycles. The number of hydrogen-bond donors (Lipinski definition) is 1. The first-order valence-corrected chi connectivity index (χ1v) is 7.79. The van der Waals surface area contributed by atoms with Gasteiger partial charge in [-0.1, -0.05) is 0 Å². The van der Waals surface area contributed by atoms with Gasteiger partial charge >= 0.3 is 5.69 Å². The summed E-state index contributed by atoms with van der Waals surface area (Å²) in [6.45, 7) is -0.00245. The molecule has 1 aliphatic rings. The van der Waals surface area contributed by atoms with Crippen LogP contribution in [0.1, 0.15) is 36.0 Å². The molecular weight excluding hydrogens is 296 g/mol. The summed E-state index contributed by atoms with van der Waals surface area (Å²) in [6, 6.07) is 5.13. The van der Waals surface area contributed by atoms with Crippen LogP contribution in [0.15, 0.2) is 35.4 Å². The number of benzene rings is 1. The lowest BCUT2D eigenvalue weighted by molar-refractivity contribution is 0.0970. The monoisotopic (exact) mass is 316 g/mol. The van der Waals surface area contributed by atoms with Gasteiger partial charge in [-0.25, -0.2) is 4.79 Å². The molecule has 0 bridgehead atoms. The molecular formula is C17H20N2O4. The fraction of sp³-hybridized carbons (Fsp3) is 0.412. The molecule has 0 unspecified atom stereocenters. The molecule has 0 radical (unpaired) electrons. The molecule has 6 heteroatoms. The largest absolute Gasteiger partial charge is 0.493 e. The highest BCUT2D eigenvalue weighted by Gasteiger charge is 2.19. The van der Waals surface area contributed by atoms with Gasteiger partial charge in [-0.05, 0) is 43.9 Å². The van der Waals surface area contributed by atoms with Crippen LogP contribution in [0.2, 0.25) is 0 Å². The van der Waals surface area contributed by atoms with Gasteiger partial charge < -0.3 is 14.5 Å². The van der Waals surface area contributed by atoms with Crippen molar-refractivity contribution in [3.63, 3.8) is 0 Å². The van der Waals surface area contributed by atoms with E-state index in [4.69, 9.17) is 9.47 Å². The number of carbonyl (C=O) groups is 1. The lowest BCUT2D eigenvalue weighted by Gasteiger charge is -2.16. The van der Waals surface area contributed by atoms with E-state index in [1.807, 2.05) is 0 Å². The fourth-order valence-corrected chi connectivity index (χ4v) is 2.85. The van der Waals surface area contributed by atoms with Crippen LogP contribution < -0.4 is 15.2 Å². The lowest BCUT2D eigenvalue weighted by atomic mass is 10.1. The normalized spacial score (nSPS) is 14.8. The van der Waals surface area contributed by atoms with Gasteiger partial charge in [-0.2, -0.15) is 0 Å². The van der Waals surface area contributed by atoms with Gasteiger partial charge in [0, 0.05) is 18.0 Å². The van der Waals surface area contributed by atoms with E-state index in [0.717, 1.165) is 12.8 Å². The van der Waals surface area contributed by atoms with Gasteiger partial charge in [0.2, 0.25) is 0 Å². The number of aromatic nitrogens is 2. The third kappa shape index (κ3) is 3.47. The van der Waals surface area contributed by atoms with Crippen molar-refractivity contribution < 1.29 is 14.3 Å². The number of nitrogens with one attached hydrogen (secondary N) is 1. The Morgan fingerprint density at radius 3 is 2.74 bits per heavy atom. The number of hydrogen-bond acceptors (Lipinski definition) is 4. The average molecular weight is 316 g/mol. The van der Waals surface area contributed by atoms with Crippen LogP contribution in [0.5, 0.6) is 11.5 Å². The number of aromatic amines is 1. The van der Waals surface area contributed by atoms with E-state index in [2.05, 4.69) is 4.98 Å². The second-order valence-electron chi connectivity index (χ2n) is 5.71. The van der Waals surface area contributed by atoms with Crippen LogP contribution in [0, 0.1) is 0 Å². The van der Waals surface area contributed by atoms with Crippen LogP contribution >= 0.6 is 0 Å². The van der Waals surface area contributed by atoms with Crippen molar-refractivity contribution in [3.8, 4) is 11.5 Å². The highest BCUT2D eigenvalue weighted by molar-refractivity contribution is 5.96. The van der Waals surface area contributed by atoms with E-state index in [1.165, 1.54) is 23.6 Å². The van der Waals surface area contributed by atoms with Gasteiger partial charge in [-0.15, -0.1) is 0 Å². The van der Waals surface area contributed by atoms with Crippen LogP contribution in [-0.4, -0.2) is 28.5 Å². The summed E-state index contributed by atoms with van der Waals surface area (Å²) in [5.41, 5.74) is 0.209. The van der Waals surface area contributed by atoms with Crippen molar-refractivity contribution in [1.82, 2.24) is 9.55 Å². The predicted molar refractivity (Wildman–Crippen MR) is 85.3 cm³/mol. The van der Waals surface area contributed by atoms with Crippen molar-refractivity contribution in [2.24, 2.45) is 0 Å². The maximum Gasteiger partial charge on any atom is 0.325 e. The Morgan fingerprint density at radius 2 is 2.09 bits per heavy atom. The third-order valence-electron chi connectivity index (χ3n) is 4.12. The van der Waals surface area contributed by atoms with Crippen molar-refractivity contribution in [2.45, 2.75) is 38.3 Å². The van der Waals surface area contributed by atoms with E-state index < -0.39 is 0 Å². The van der Waals surface area contributed by atoms with Crippen LogP contribution in [0.4, 0.5) is 0 Å². The number of ether oxygens (including phenoxy) is 2. The number of rotatable bonds is 6. The van der Waals surface area contributed by atoms with Gasteiger partial charge in [0.25, 0.3) is 0 Å². The van der Waals surface area contributed by atoms with Crippen LogP contribution in [0.3, 0.4) is 0 Å². The number of nitrogens with zero attached hydrogens (tertiary/aromatic N) is 1. The molecule has 1 aliphatic carbocycles. The summed E-state index contributed by atoms with van der Waals surface area (Å²) in [4.78, 5) is 26.4. The van der Waals surface area contributed by atoms with Crippen molar-refractivity contribution in [2.75, 3.05) is 7.11 Å². The third-order valence-corrected chi connectivity index (χ3v) is 4.12. The number of Topliss-reactive ketones (excluding diaryl/α,β-unsaturated/α-hetero) is 1. The Balaban J connectivity index is 1.80. The first-order valence-electron chi connectivity index (χ1n) is 7.79. The maximum absolute atomic E-state index is 12.4. The molecule has 122 valence electrons. The van der Waals surface area contributed by atoms with E-state index in [1.54, 1.807) is 31.5 Å². The number of ketones is 1. The quantitative estimate of drug-likeness (QED) is 0.831. The molecule has 1 N–H and O–H groups in total. The number of imidazole rings is 1. The molecule has 1 saturated carbocycles. The van der Waals surface area contributed by atoms with Gasteiger partial charge in [-0.3, -0.25) is 9.36 Å². The number of methoxy groups -OCH3 is 1. The lowest BCUT2D eigenvalue weighted by Crippen LogP contribution is -2.21. The molecule has 3 rings (SSSR count). The van der Waals surface area contributed by atoms with E-state index in [9.17, 15) is 9.59 Å². The zero-order valence-electron chi connectivity index (χ0n) is 13.1. The van der Waals surface area contributed by atoms with E-state index in [-0.39, 0.29) is 24.1 Å². The Labute approximate surface area is 134 Å². The topological polar surface area (TPSA) is 73.3 Å². The summed E-state index contributed by atoms with van der Waals surface area (Å²) in [5.74, 6) is 1.06. The number of H-pyrrole nitrogens is 1. The molecule has 0 amide bonds. The predicted octanol–water partition coefficient (Wildman–Crippen LogP) is 2.39. The summed E-state index contributed by atoms with van der Waals surface area (Å²) < 4.78 is 12.7. The molecule has 1 aromatic carbocycles. The zero-order valence-corrected chi connectivity index (χ0v) is 13.1. The zero-order chi connectivity index (χ0) is 16.2. The molecule has 0 atom stereocenters. The minimum Gasteiger partial charge on any atom is -0.493 e. The maximum atomic E-state index is 12.4. The second-order valence-corrected chi connectivity index (χ2v) is 5.71. The van der Waals surface area contributed by atoms with Gasteiger partial charge in [0.05, 0.1) is 19.8 Å². The Bertz CT molecular complexity index is 741. The van der Waals surface area contributed by atoms with Gasteiger partial charge in [0.1, 0.15) is 0 Å². The fourth-order valence-electron chi connectivity index (χ4n) is 2.85. The molecule has 1 heterocycles. The van der Waals surface area contributed by atoms with Crippen molar-refractivity contribution in [1.29, 1.82) is 0 Å². The molecule has 2 aromatic rings. The molecule has 1 fully saturated rings. The average Bonchev–Trinajstić information content (AvgIpc) is 3.20. The van der Waals surface area contributed by atoms with Crippen molar-refractivity contribution >= 4 is 5.78 Å². The van der Waals surface area contributed by atoms with Crippen LogP contribution in [-0.2, 0) is 6.54 Å². The number of carbonyl (C=O) groups excluding carboxylic acids is 1. The summed E-state index contributed by atoms with van der Waals surface area (Å²) >= 11 is 0. The van der Waals surface area contributed by atoms with Crippen LogP contribution in [0.25, 0.3) is 0 Å². The van der Waals surface area contributed by atoms with Crippen molar-refractivity contribution in [3.05, 3.63) is 46.6 Å². The van der Waals surface area contributed by atoms with E-state index in [0.29, 0.717) is 17.1 Å². The highest BCUT2D eigenvalue weighted by atomic mass is 16.5. The molecule has 6 nitrogen and oxygen atoms in total. The summed E-state index contributed by atoms with van der Waals surface area (Å²) in [6.07, 6.45) is 7.64. The highest BCUT2D eigenvalue weighted by Crippen LogP contribution is 2.32. The summed E-state index contributed by atoms with van der Waals surface area (Å²) in [7, 11) is 1.58. The second kappa shape index (κ2) is 6.73. The summed E-state index contributed by atoms with van der Waals surface area (Å²) in [5, 5.41) is 0.